The minimum atomic E-state index is 0.451. The van der Waals surface area contributed by atoms with E-state index in [1.807, 2.05) is 11.3 Å². The van der Waals surface area contributed by atoms with Crippen LogP contribution in [0.3, 0.4) is 0 Å². The van der Waals surface area contributed by atoms with E-state index in [0.717, 1.165) is 18.4 Å². The van der Waals surface area contributed by atoms with Gasteiger partial charge in [0.05, 0.1) is 12.2 Å². The van der Waals surface area contributed by atoms with Crippen molar-refractivity contribution in [3.63, 3.8) is 0 Å². The summed E-state index contributed by atoms with van der Waals surface area (Å²) in [6, 6.07) is 15.3. The van der Waals surface area contributed by atoms with Gasteiger partial charge in [-0.1, -0.05) is 24.3 Å². The zero-order valence-corrected chi connectivity index (χ0v) is 12.7. The van der Waals surface area contributed by atoms with Gasteiger partial charge in [-0.15, -0.1) is 11.3 Å². The Morgan fingerprint density at radius 1 is 1.00 bits per heavy atom. The second kappa shape index (κ2) is 4.59. The summed E-state index contributed by atoms with van der Waals surface area (Å²) in [7, 11) is 0. The molecule has 4 heterocycles. The maximum absolute atomic E-state index is 6.34. The molecule has 21 heavy (non-hydrogen) atoms. The molecule has 0 amide bonds. The van der Waals surface area contributed by atoms with Gasteiger partial charge in [0.25, 0.3) is 0 Å². The molecule has 1 aromatic heterocycles. The van der Waals surface area contributed by atoms with Crippen LogP contribution < -0.4 is 4.90 Å². The fraction of sp³-hybridized carbons (Fsp3) is 0.444. The Hall–Kier alpha value is -1.32. The van der Waals surface area contributed by atoms with Crippen LogP contribution in [0.15, 0.2) is 47.8 Å². The van der Waals surface area contributed by atoms with Crippen LogP contribution in [0.25, 0.3) is 0 Å². The van der Waals surface area contributed by atoms with Crippen molar-refractivity contribution in [2.45, 2.75) is 24.5 Å². The van der Waals surface area contributed by atoms with Crippen LogP contribution >= 0.6 is 11.3 Å². The van der Waals surface area contributed by atoms with Crippen molar-refractivity contribution >= 4 is 17.0 Å². The van der Waals surface area contributed by atoms with Gasteiger partial charge < -0.3 is 9.64 Å². The first-order valence-electron chi connectivity index (χ1n) is 7.89. The number of rotatable bonds is 2. The van der Waals surface area contributed by atoms with Crippen molar-refractivity contribution in [2.24, 2.45) is 11.8 Å². The lowest BCUT2D eigenvalue weighted by molar-refractivity contribution is 0.0811. The van der Waals surface area contributed by atoms with E-state index in [1.54, 1.807) is 0 Å². The third kappa shape index (κ3) is 1.80. The lowest BCUT2D eigenvalue weighted by atomic mass is 9.75. The number of fused-ring (bicyclic) bond motifs is 5. The fourth-order valence-electron chi connectivity index (χ4n) is 4.64. The normalized spacial score (nSPS) is 37.1. The molecule has 3 aliphatic rings. The quantitative estimate of drug-likeness (QED) is 0.837. The molecule has 3 heteroatoms. The van der Waals surface area contributed by atoms with Crippen molar-refractivity contribution in [3.8, 4) is 0 Å². The van der Waals surface area contributed by atoms with Crippen LogP contribution in [0.5, 0.6) is 0 Å². The summed E-state index contributed by atoms with van der Waals surface area (Å²) < 4.78 is 6.34. The van der Waals surface area contributed by atoms with E-state index in [1.165, 1.54) is 23.5 Å². The predicted octanol–water partition coefficient (Wildman–Crippen LogP) is 3.76. The molecule has 0 aliphatic carbocycles. The number of hydrogen-bond donors (Lipinski definition) is 0. The van der Waals surface area contributed by atoms with Gasteiger partial charge in [0.2, 0.25) is 0 Å². The van der Waals surface area contributed by atoms with Crippen molar-refractivity contribution in [1.82, 2.24) is 0 Å². The predicted molar refractivity (Wildman–Crippen MR) is 86.0 cm³/mol. The highest BCUT2D eigenvalue weighted by Crippen LogP contribution is 2.54. The van der Waals surface area contributed by atoms with Gasteiger partial charge in [-0.05, 0) is 30.0 Å². The van der Waals surface area contributed by atoms with Crippen LogP contribution in [0.1, 0.15) is 17.2 Å². The van der Waals surface area contributed by atoms with Gasteiger partial charge in [0.1, 0.15) is 0 Å². The summed E-state index contributed by atoms with van der Waals surface area (Å²) in [5, 5.41) is 2.20. The number of anilines is 1. The van der Waals surface area contributed by atoms with Crippen molar-refractivity contribution in [2.75, 3.05) is 18.0 Å². The van der Waals surface area contributed by atoms with Crippen molar-refractivity contribution in [3.05, 3.63) is 52.7 Å². The zero-order valence-electron chi connectivity index (χ0n) is 11.9. The molecule has 0 N–H and O–H groups in total. The van der Waals surface area contributed by atoms with Crippen LogP contribution in [0, 0.1) is 11.8 Å². The maximum atomic E-state index is 6.34. The van der Waals surface area contributed by atoms with Crippen LogP contribution in [-0.4, -0.2) is 25.3 Å². The Labute approximate surface area is 129 Å². The van der Waals surface area contributed by atoms with E-state index in [4.69, 9.17) is 4.74 Å². The molecular weight excluding hydrogens is 278 g/mol. The first kappa shape index (κ1) is 12.2. The number of nitrogens with zero attached hydrogens (tertiary/aromatic N) is 1. The summed E-state index contributed by atoms with van der Waals surface area (Å²) >= 11 is 1.90. The van der Waals surface area contributed by atoms with Crippen LogP contribution in [0.2, 0.25) is 0 Å². The Bertz CT molecular complexity index is 626. The topological polar surface area (TPSA) is 12.5 Å². The molecule has 5 rings (SSSR count). The summed E-state index contributed by atoms with van der Waals surface area (Å²) in [5.41, 5.74) is 1.37. The highest BCUT2D eigenvalue weighted by Gasteiger charge is 2.57. The summed E-state index contributed by atoms with van der Waals surface area (Å²) in [6.07, 6.45) is 2.17. The Morgan fingerprint density at radius 2 is 1.86 bits per heavy atom. The number of thiophene rings is 1. The molecule has 1 aromatic carbocycles. The largest absolute Gasteiger partial charge is 0.374 e. The van der Waals surface area contributed by atoms with E-state index in [-0.39, 0.29) is 0 Å². The molecule has 0 saturated carbocycles. The Balaban J connectivity index is 1.40. The Morgan fingerprint density at radius 3 is 2.67 bits per heavy atom. The molecule has 2 nitrogen and oxygen atoms in total. The third-order valence-corrected chi connectivity index (χ3v) is 6.56. The molecule has 3 saturated heterocycles. The molecule has 3 fully saturated rings. The molecule has 2 aromatic rings. The van der Waals surface area contributed by atoms with Gasteiger partial charge in [-0.2, -0.15) is 0 Å². The van der Waals surface area contributed by atoms with Gasteiger partial charge in [-0.3, -0.25) is 0 Å². The van der Waals surface area contributed by atoms with Gasteiger partial charge in [0, 0.05) is 41.4 Å². The lowest BCUT2D eigenvalue weighted by Gasteiger charge is -2.26. The number of para-hydroxylation sites is 1. The molecule has 5 atom stereocenters. The average molecular weight is 297 g/mol. The molecule has 0 radical (unpaired) electrons. The van der Waals surface area contributed by atoms with Crippen molar-refractivity contribution < 1.29 is 4.74 Å². The maximum Gasteiger partial charge on any atom is 0.0705 e. The molecule has 3 aliphatic heterocycles. The minimum absolute atomic E-state index is 0.451. The molecule has 108 valence electrons. The Kier molecular flexibility index (Phi) is 2.67. The van der Waals surface area contributed by atoms with E-state index in [0.29, 0.717) is 18.1 Å². The van der Waals surface area contributed by atoms with E-state index >= 15 is 0 Å². The minimum Gasteiger partial charge on any atom is -0.374 e. The standard InChI is InChI=1S/C18H19NOS/c1-2-5-12(6-3-1)19-10-14-15(11-19)18-13(9-16(14)20-18)17-7-4-8-21-17/h1-8,13-16,18H,9-11H2/t13-,14+,15-,16-,18+/m0/s1. The van der Waals surface area contributed by atoms with Gasteiger partial charge >= 0.3 is 0 Å². The SMILES string of the molecule is c1ccc(N2C[C@@H]3[C@H](C2)[C@@H]2O[C@H]3C[C@H]2c2cccs2)cc1. The second-order valence-electron chi connectivity index (χ2n) is 6.57. The first-order chi connectivity index (χ1) is 10.4. The van der Waals surface area contributed by atoms with Crippen LogP contribution in [0.4, 0.5) is 5.69 Å². The van der Waals surface area contributed by atoms with Gasteiger partial charge in [-0.25, -0.2) is 0 Å². The lowest BCUT2D eigenvalue weighted by Crippen LogP contribution is -2.30. The summed E-state index contributed by atoms with van der Waals surface area (Å²) in [5.74, 6) is 2.11. The second-order valence-corrected chi connectivity index (χ2v) is 7.54. The highest BCUT2D eigenvalue weighted by molar-refractivity contribution is 7.10. The fourth-order valence-corrected chi connectivity index (χ4v) is 5.51. The van der Waals surface area contributed by atoms with E-state index in [9.17, 15) is 0 Å². The number of hydrogen-bond acceptors (Lipinski definition) is 3. The molecule has 2 bridgehead atoms. The third-order valence-electron chi connectivity index (χ3n) is 5.56. The van der Waals surface area contributed by atoms with E-state index in [2.05, 4.69) is 52.7 Å². The molecule has 0 spiro atoms. The molecular formula is C18H19NOS. The van der Waals surface area contributed by atoms with Crippen LogP contribution in [-0.2, 0) is 4.74 Å². The molecule has 0 unspecified atom stereocenters. The zero-order chi connectivity index (χ0) is 13.8. The highest BCUT2D eigenvalue weighted by atomic mass is 32.1. The monoisotopic (exact) mass is 297 g/mol. The van der Waals surface area contributed by atoms with E-state index < -0.39 is 0 Å². The van der Waals surface area contributed by atoms with Crippen molar-refractivity contribution in [1.29, 1.82) is 0 Å². The average Bonchev–Trinajstić information content (AvgIpc) is 3.27. The summed E-state index contributed by atoms with van der Waals surface area (Å²) in [6.45, 7) is 2.34. The van der Waals surface area contributed by atoms with Gasteiger partial charge in [0.15, 0.2) is 0 Å². The first-order valence-corrected chi connectivity index (χ1v) is 8.77. The summed E-state index contributed by atoms with van der Waals surface area (Å²) in [4.78, 5) is 4.09. The number of ether oxygens (including phenoxy) is 1. The smallest absolute Gasteiger partial charge is 0.0705 e. The number of benzene rings is 1.